The van der Waals surface area contributed by atoms with Crippen LogP contribution in [-0.2, 0) is 9.53 Å². The molecule has 0 aromatic heterocycles. The topological polar surface area (TPSA) is 50.4 Å². The monoisotopic (exact) mass is 212 g/mol. The lowest BCUT2D eigenvalue weighted by atomic mass is 9.95. The van der Waals surface area contributed by atoms with Gasteiger partial charge in [0.25, 0.3) is 0 Å². The Labute approximate surface area is 90.8 Å². The molecule has 4 nitrogen and oxygen atoms in total. The lowest BCUT2D eigenvalue weighted by molar-refractivity contribution is -0.146. The normalized spacial score (nSPS) is 32.1. The number of carbonyl (C=O) groups is 1. The van der Waals surface area contributed by atoms with E-state index >= 15 is 0 Å². The molecule has 1 saturated heterocycles. The molecule has 2 fully saturated rings. The van der Waals surface area contributed by atoms with E-state index < -0.39 is 0 Å². The van der Waals surface area contributed by atoms with Crippen molar-refractivity contribution in [3.8, 4) is 0 Å². The summed E-state index contributed by atoms with van der Waals surface area (Å²) in [7, 11) is 1.48. The van der Waals surface area contributed by atoms with Crippen LogP contribution in [0.25, 0.3) is 0 Å². The highest BCUT2D eigenvalue weighted by atomic mass is 16.5. The van der Waals surface area contributed by atoms with Crippen LogP contribution in [0, 0.1) is 5.92 Å². The van der Waals surface area contributed by atoms with E-state index in [9.17, 15) is 4.79 Å². The SMILES string of the molecule is COC(=O)C1CCNCCC1NC1CC1. The van der Waals surface area contributed by atoms with Crippen LogP contribution in [0.1, 0.15) is 25.7 Å². The van der Waals surface area contributed by atoms with Gasteiger partial charge in [0.1, 0.15) is 0 Å². The van der Waals surface area contributed by atoms with Crippen LogP contribution in [0.3, 0.4) is 0 Å². The molecule has 2 atom stereocenters. The minimum Gasteiger partial charge on any atom is -0.469 e. The Hall–Kier alpha value is -0.610. The molecule has 2 aliphatic rings. The number of carbonyl (C=O) groups excluding carboxylic acids is 1. The van der Waals surface area contributed by atoms with Crippen LogP contribution in [-0.4, -0.2) is 38.3 Å². The Morgan fingerprint density at radius 2 is 2.00 bits per heavy atom. The van der Waals surface area contributed by atoms with Crippen LogP contribution in [0.2, 0.25) is 0 Å². The third-order valence-corrected chi connectivity index (χ3v) is 3.28. The molecule has 2 unspecified atom stereocenters. The second-order valence-corrected chi connectivity index (χ2v) is 4.50. The molecule has 15 heavy (non-hydrogen) atoms. The molecule has 2 N–H and O–H groups in total. The molecule has 0 aromatic carbocycles. The third kappa shape index (κ3) is 2.92. The van der Waals surface area contributed by atoms with E-state index in [1.165, 1.54) is 20.0 Å². The van der Waals surface area contributed by atoms with Gasteiger partial charge >= 0.3 is 5.97 Å². The number of esters is 1. The average Bonchev–Trinajstić information content (AvgIpc) is 3.05. The Morgan fingerprint density at radius 1 is 1.27 bits per heavy atom. The van der Waals surface area contributed by atoms with Crippen molar-refractivity contribution < 1.29 is 9.53 Å². The molecule has 1 heterocycles. The summed E-state index contributed by atoms with van der Waals surface area (Å²) in [6, 6.07) is 0.959. The third-order valence-electron chi connectivity index (χ3n) is 3.28. The van der Waals surface area contributed by atoms with Gasteiger partial charge < -0.3 is 15.4 Å². The Kier molecular flexibility index (Phi) is 3.59. The molecule has 86 valence electrons. The molecule has 4 heteroatoms. The van der Waals surface area contributed by atoms with Gasteiger partial charge in [-0.05, 0) is 38.8 Å². The van der Waals surface area contributed by atoms with Gasteiger partial charge in [0, 0.05) is 12.1 Å². The van der Waals surface area contributed by atoms with Crippen molar-refractivity contribution in [2.24, 2.45) is 5.92 Å². The zero-order valence-corrected chi connectivity index (χ0v) is 9.29. The summed E-state index contributed by atoms with van der Waals surface area (Å²) in [6.07, 6.45) is 4.43. The van der Waals surface area contributed by atoms with E-state index in [1.807, 2.05) is 0 Å². The smallest absolute Gasteiger partial charge is 0.310 e. The molecule has 0 aromatic rings. The highest BCUT2D eigenvalue weighted by molar-refractivity contribution is 5.73. The van der Waals surface area contributed by atoms with E-state index in [1.54, 1.807) is 0 Å². The number of hydrogen-bond donors (Lipinski definition) is 2. The molecule has 0 spiro atoms. The fourth-order valence-corrected chi connectivity index (χ4v) is 2.23. The standard InChI is InChI=1S/C11H20N2O2/c1-15-11(14)9-4-6-12-7-5-10(9)13-8-2-3-8/h8-10,12-13H,2-7H2,1H3. The van der Waals surface area contributed by atoms with Crippen LogP contribution < -0.4 is 10.6 Å². The zero-order chi connectivity index (χ0) is 10.7. The number of hydrogen-bond acceptors (Lipinski definition) is 4. The summed E-state index contributed by atoms with van der Waals surface area (Å²) >= 11 is 0. The second kappa shape index (κ2) is 4.94. The van der Waals surface area contributed by atoms with E-state index in [2.05, 4.69) is 10.6 Å². The van der Waals surface area contributed by atoms with Gasteiger partial charge in [-0.15, -0.1) is 0 Å². The van der Waals surface area contributed by atoms with Crippen molar-refractivity contribution in [2.45, 2.75) is 37.8 Å². The fraction of sp³-hybridized carbons (Fsp3) is 0.909. The van der Waals surface area contributed by atoms with Crippen molar-refractivity contribution in [1.29, 1.82) is 0 Å². The maximum absolute atomic E-state index is 11.6. The number of ether oxygens (including phenoxy) is 1. The molecular formula is C11H20N2O2. The first-order valence-electron chi connectivity index (χ1n) is 5.86. The molecule has 0 bridgehead atoms. The zero-order valence-electron chi connectivity index (χ0n) is 9.29. The first kappa shape index (κ1) is 10.9. The highest BCUT2D eigenvalue weighted by Crippen LogP contribution is 2.24. The van der Waals surface area contributed by atoms with Crippen molar-refractivity contribution in [1.82, 2.24) is 10.6 Å². The number of methoxy groups -OCH3 is 1. The maximum atomic E-state index is 11.6. The van der Waals surface area contributed by atoms with Gasteiger partial charge in [0.05, 0.1) is 13.0 Å². The Bertz CT molecular complexity index is 229. The van der Waals surface area contributed by atoms with E-state index in [4.69, 9.17) is 4.74 Å². The Morgan fingerprint density at radius 3 is 2.67 bits per heavy atom. The van der Waals surface area contributed by atoms with Gasteiger partial charge in [-0.1, -0.05) is 0 Å². The van der Waals surface area contributed by atoms with Crippen LogP contribution >= 0.6 is 0 Å². The van der Waals surface area contributed by atoms with Crippen molar-refractivity contribution in [2.75, 3.05) is 20.2 Å². The summed E-state index contributed by atoms with van der Waals surface area (Å²) in [5.41, 5.74) is 0. The van der Waals surface area contributed by atoms with E-state index in [0.717, 1.165) is 25.9 Å². The summed E-state index contributed by atoms with van der Waals surface area (Å²) < 4.78 is 4.87. The lowest BCUT2D eigenvalue weighted by Gasteiger charge is -2.23. The van der Waals surface area contributed by atoms with Gasteiger partial charge in [-0.25, -0.2) is 0 Å². The fourth-order valence-electron chi connectivity index (χ4n) is 2.23. The number of nitrogens with one attached hydrogen (secondary N) is 2. The largest absolute Gasteiger partial charge is 0.469 e. The molecule has 2 rings (SSSR count). The number of rotatable bonds is 3. The maximum Gasteiger partial charge on any atom is 0.310 e. The molecule has 1 aliphatic carbocycles. The molecule has 0 radical (unpaired) electrons. The summed E-state index contributed by atoms with van der Waals surface area (Å²) in [4.78, 5) is 11.6. The van der Waals surface area contributed by atoms with Gasteiger partial charge in [-0.3, -0.25) is 4.79 Å². The van der Waals surface area contributed by atoms with Crippen molar-refractivity contribution >= 4 is 5.97 Å². The first-order valence-corrected chi connectivity index (χ1v) is 5.86. The predicted molar refractivity (Wildman–Crippen MR) is 57.6 cm³/mol. The molecular weight excluding hydrogens is 192 g/mol. The average molecular weight is 212 g/mol. The van der Waals surface area contributed by atoms with E-state index in [-0.39, 0.29) is 11.9 Å². The van der Waals surface area contributed by atoms with Crippen molar-refractivity contribution in [3.63, 3.8) is 0 Å². The van der Waals surface area contributed by atoms with Crippen LogP contribution in [0.5, 0.6) is 0 Å². The van der Waals surface area contributed by atoms with Crippen molar-refractivity contribution in [3.05, 3.63) is 0 Å². The summed E-state index contributed by atoms with van der Waals surface area (Å²) in [5.74, 6) is -0.0255. The molecule has 1 aliphatic heterocycles. The quantitative estimate of drug-likeness (QED) is 0.660. The van der Waals surface area contributed by atoms with Gasteiger partial charge in [0.2, 0.25) is 0 Å². The minimum absolute atomic E-state index is 0.0330. The minimum atomic E-state index is -0.0585. The lowest BCUT2D eigenvalue weighted by Crippen LogP contribution is -2.41. The first-order chi connectivity index (χ1) is 7.31. The highest BCUT2D eigenvalue weighted by Gasteiger charge is 2.34. The van der Waals surface area contributed by atoms with E-state index in [0.29, 0.717) is 12.1 Å². The molecule has 1 saturated carbocycles. The summed E-state index contributed by atoms with van der Waals surface area (Å²) in [6.45, 7) is 1.92. The Balaban J connectivity index is 1.95. The van der Waals surface area contributed by atoms with Crippen LogP contribution in [0.4, 0.5) is 0 Å². The van der Waals surface area contributed by atoms with Gasteiger partial charge in [-0.2, -0.15) is 0 Å². The summed E-state index contributed by atoms with van der Waals surface area (Å²) in [5, 5.41) is 6.89. The second-order valence-electron chi connectivity index (χ2n) is 4.50. The molecule has 0 amide bonds. The van der Waals surface area contributed by atoms with Gasteiger partial charge in [0.15, 0.2) is 0 Å². The predicted octanol–water partition coefficient (Wildman–Crippen LogP) is 0.280. The van der Waals surface area contributed by atoms with Crippen LogP contribution in [0.15, 0.2) is 0 Å².